The zero-order chi connectivity index (χ0) is 12.5. The van der Waals surface area contributed by atoms with Crippen LogP contribution in [0.4, 0.5) is 0 Å². The van der Waals surface area contributed by atoms with Gasteiger partial charge in [0.1, 0.15) is 11.3 Å². The van der Waals surface area contributed by atoms with Crippen LogP contribution in [0, 0.1) is 0 Å². The van der Waals surface area contributed by atoms with Crippen molar-refractivity contribution in [3.05, 3.63) is 34.0 Å². The first-order valence-corrected chi connectivity index (χ1v) is 7.50. The zero-order valence-corrected chi connectivity index (χ0v) is 12.2. The smallest absolute Gasteiger partial charge is 0.134 e. The van der Waals surface area contributed by atoms with Gasteiger partial charge in [0, 0.05) is 21.5 Å². The van der Waals surface area contributed by atoms with Gasteiger partial charge in [-0.2, -0.15) is 0 Å². The molecule has 2 aromatic rings. The van der Waals surface area contributed by atoms with Crippen LogP contribution in [-0.2, 0) is 13.0 Å². The van der Waals surface area contributed by atoms with Gasteiger partial charge in [0.25, 0.3) is 0 Å². The van der Waals surface area contributed by atoms with Crippen LogP contribution < -0.4 is 5.32 Å². The third-order valence-corrected chi connectivity index (χ3v) is 3.96. The van der Waals surface area contributed by atoms with E-state index in [9.17, 15) is 0 Å². The highest BCUT2D eigenvalue weighted by Gasteiger charge is 2.22. The molecule has 18 heavy (non-hydrogen) atoms. The molecule has 0 bridgehead atoms. The highest BCUT2D eigenvalue weighted by Crippen LogP contribution is 2.30. The van der Waals surface area contributed by atoms with E-state index in [1.54, 1.807) is 0 Å². The lowest BCUT2D eigenvalue weighted by Gasteiger charge is -2.03. The number of fused-ring (bicyclic) bond motifs is 1. The second kappa shape index (κ2) is 5.06. The summed E-state index contributed by atoms with van der Waals surface area (Å²) in [5, 5.41) is 4.80. The van der Waals surface area contributed by atoms with Crippen LogP contribution >= 0.6 is 15.9 Å². The Hall–Kier alpha value is -0.800. The van der Waals surface area contributed by atoms with Gasteiger partial charge in [-0.15, -0.1) is 0 Å². The van der Waals surface area contributed by atoms with Crippen molar-refractivity contribution < 1.29 is 4.42 Å². The Kier molecular flexibility index (Phi) is 3.44. The maximum atomic E-state index is 6.00. The maximum absolute atomic E-state index is 6.00. The summed E-state index contributed by atoms with van der Waals surface area (Å²) in [5.41, 5.74) is 2.39. The summed E-state index contributed by atoms with van der Waals surface area (Å²) in [6.45, 7) is 3.08. The van der Waals surface area contributed by atoms with Crippen LogP contribution in [0.15, 0.2) is 27.1 Å². The fourth-order valence-electron chi connectivity index (χ4n) is 2.36. The van der Waals surface area contributed by atoms with E-state index < -0.39 is 0 Å². The van der Waals surface area contributed by atoms with E-state index >= 15 is 0 Å². The van der Waals surface area contributed by atoms with E-state index in [-0.39, 0.29) is 0 Å². The molecule has 3 heteroatoms. The maximum Gasteiger partial charge on any atom is 0.134 e. The molecular weight excluding hydrogens is 290 g/mol. The molecule has 0 atom stereocenters. The molecule has 96 valence electrons. The summed E-state index contributed by atoms with van der Waals surface area (Å²) in [5.74, 6) is 1.12. The number of aryl methyl sites for hydroxylation is 1. The average molecular weight is 308 g/mol. The van der Waals surface area contributed by atoms with Crippen molar-refractivity contribution >= 4 is 26.9 Å². The minimum Gasteiger partial charge on any atom is -0.459 e. The first-order valence-electron chi connectivity index (χ1n) is 6.71. The molecule has 1 saturated carbocycles. The van der Waals surface area contributed by atoms with Crippen molar-refractivity contribution in [2.45, 2.75) is 45.2 Å². The van der Waals surface area contributed by atoms with E-state index in [0.717, 1.165) is 41.2 Å². The highest BCUT2D eigenvalue weighted by atomic mass is 79.9. The van der Waals surface area contributed by atoms with Crippen LogP contribution in [-0.4, -0.2) is 6.04 Å². The Morgan fingerprint density at radius 1 is 1.39 bits per heavy atom. The van der Waals surface area contributed by atoms with Gasteiger partial charge in [-0.1, -0.05) is 29.3 Å². The summed E-state index contributed by atoms with van der Waals surface area (Å²) in [6, 6.07) is 6.99. The van der Waals surface area contributed by atoms with Crippen LogP contribution in [0.2, 0.25) is 0 Å². The topological polar surface area (TPSA) is 25.2 Å². The molecule has 1 aliphatic rings. The molecule has 0 radical (unpaired) electrons. The Labute approximate surface area is 116 Å². The summed E-state index contributed by atoms with van der Waals surface area (Å²) in [4.78, 5) is 0. The number of hydrogen-bond donors (Lipinski definition) is 1. The van der Waals surface area contributed by atoms with Crippen LogP contribution in [0.1, 0.15) is 37.5 Å². The Balaban J connectivity index is 1.96. The molecule has 1 N–H and O–H groups in total. The monoisotopic (exact) mass is 307 g/mol. The second-order valence-electron chi connectivity index (χ2n) is 5.05. The van der Waals surface area contributed by atoms with E-state index in [1.165, 1.54) is 23.8 Å². The molecule has 1 heterocycles. The molecule has 3 rings (SSSR count). The van der Waals surface area contributed by atoms with Crippen LogP contribution in [0.25, 0.3) is 11.0 Å². The number of furan rings is 1. The molecule has 0 amide bonds. The standard InChI is InChI=1S/C15H18BrNO/c1-2-3-12-13-8-10(16)4-7-14(13)18-15(12)9-17-11-5-6-11/h4,7-8,11,17H,2-3,5-6,9H2,1H3. The second-order valence-corrected chi connectivity index (χ2v) is 5.97. The van der Waals surface area contributed by atoms with Crippen molar-refractivity contribution in [2.75, 3.05) is 0 Å². The van der Waals surface area contributed by atoms with E-state index in [4.69, 9.17) is 4.42 Å². The van der Waals surface area contributed by atoms with E-state index in [0.29, 0.717) is 0 Å². The number of benzene rings is 1. The molecule has 1 fully saturated rings. The lowest BCUT2D eigenvalue weighted by molar-refractivity contribution is 0.506. The quantitative estimate of drug-likeness (QED) is 0.885. The van der Waals surface area contributed by atoms with Crippen molar-refractivity contribution in [3.63, 3.8) is 0 Å². The normalized spacial score (nSPS) is 15.4. The molecule has 1 aromatic carbocycles. The summed E-state index contributed by atoms with van der Waals surface area (Å²) in [6.07, 6.45) is 4.87. The van der Waals surface area contributed by atoms with Gasteiger partial charge in [-0.3, -0.25) is 0 Å². The van der Waals surface area contributed by atoms with Crippen molar-refractivity contribution in [2.24, 2.45) is 0 Å². The van der Waals surface area contributed by atoms with Gasteiger partial charge in [0.2, 0.25) is 0 Å². The molecular formula is C15H18BrNO. The minimum atomic E-state index is 0.722. The predicted octanol–water partition coefficient (Wildman–Crippen LogP) is 4.40. The lowest BCUT2D eigenvalue weighted by Crippen LogP contribution is -2.15. The van der Waals surface area contributed by atoms with Gasteiger partial charge >= 0.3 is 0 Å². The largest absolute Gasteiger partial charge is 0.459 e. The van der Waals surface area contributed by atoms with Gasteiger partial charge < -0.3 is 9.73 Å². The summed E-state index contributed by atoms with van der Waals surface area (Å²) < 4.78 is 7.12. The van der Waals surface area contributed by atoms with E-state index in [1.807, 2.05) is 6.07 Å². The van der Waals surface area contributed by atoms with Crippen LogP contribution in [0.3, 0.4) is 0 Å². The minimum absolute atomic E-state index is 0.722. The molecule has 1 aromatic heterocycles. The molecule has 0 spiro atoms. The molecule has 2 nitrogen and oxygen atoms in total. The summed E-state index contributed by atoms with van der Waals surface area (Å²) in [7, 11) is 0. The van der Waals surface area contributed by atoms with Crippen molar-refractivity contribution in [1.82, 2.24) is 5.32 Å². The molecule has 0 unspecified atom stereocenters. The Morgan fingerprint density at radius 3 is 2.94 bits per heavy atom. The fraction of sp³-hybridized carbons (Fsp3) is 0.467. The Morgan fingerprint density at radius 2 is 2.22 bits per heavy atom. The van der Waals surface area contributed by atoms with Gasteiger partial charge in [0.15, 0.2) is 0 Å². The molecule has 0 aliphatic heterocycles. The van der Waals surface area contributed by atoms with Crippen LogP contribution in [0.5, 0.6) is 0 Å². The first-order chi connectivity index (χ1) is 8.78. The molecule has 0 saturated heterocycles. The van der Waals surface area contributed by atoms with Gasteiger partial charge in [0.05, 0.1) is 6.54 Å². The molecule has 1 aliphatic carbocycles. The summed E-state index contributed by atoms with van der Waals surface area (Å²) >= 11 is 3.54. The lowest BCUT2D eigenvalue weighted by atomic mass is 10.1. The average Bonchev–Trinajstić information content (AvgIpc) is 3.13. The number of rotatable bonds is 5. The zero-order valence-electron chi connectivity index (χ0n) is 10.6. The fourth-order valence-corrected chi connectivity index (χ4v) is 2.72. The predicted molar refractivity (Wildman–Crippen MR) is 77.8 cm³/mol. The van der Waals surface area contributed by atoms with Crippen molar-refractivity contribution in [1.29, 1.82) is 0 Å². The van der Waals surface area contributed by atoms with Crippen molar-refractivity contribution in [3.8, 4) is 0 Å². The Bertz CT molecular complexity index is 557. The first kappa shape index (κ1) is 12.2. The SMILES string of the molecule is CCCc1c(CNC2CC2)oc2ccc(Br)cc12. The number of hydrogen-bond acceptors (Lipinski definition) is 2. The highest BCUT2D eigenvalue weighted by molar-refractivity contribution is 9.10. The van der Waals surface area contributed by atoms with E-state index in [2.05, 4.69) is 40.3 Å². The third-order valence-electron chi connectivity index (χ3n) is 3.47. The number of nitrogens with one attached hydrogen (secondary N) is 1. The number of halogens is 1. The van der Waals surface area contributed by atoms with Gasteiger partial charge in [-0.25, -0.2) is 0 Å². The third kappa shape index (κ3) is 2.47. The van der Waals surface area contributed by atoms with Gasteiger partial charge in [-0.05, 0) is 37.5 Å².